The van der Waals surface area contributed by atoms with Crippen LogP contribution < -0.4 is 10.9 Å². The van der Waals surface area contributed by atoms with E-state index in [1.807, 2.05) is 0 Å². The lowest BCUT2D eigenvalue weighted by Crippen LogP contribution is -2.20. The number of rotatable bonds is 2. The molecule has 2 rings (SSSR count). The van der Waals surface area contributed by atoms with Gasteiger partial charge in [0.1, 0.15) is 5.69 Å². The molecular weight excluding hydrogens is 261 g/mol. The molecule has 1 aromatic carbocycles. The number of carbonyl (C=O) groups excluding carboxylic acids is 1. The number of nitrogens with one attached hydrogen (secondary N) is 2. The number of anilines is 1. The van der Waals surface area contributed by atoms with Gasteiger partial charge in [0, 0.05) is 6.20 Å². The number of hydrogen-bond donors (Lipinski definition) is 2. The first-order chi connectivity index (χ1) is 9.00. The van der Waals surface area contributed by atoms with E-state index >= 15 is 0 Å². The van der Waals surface area contributed by atoms with E-state index in [9.17, 15) is 22.8 Å². The van der Waals surface area contributed by atoms with E-state index in [1.54, 1.807) is 0 Å². The minimum absolute atomic E-state index is 0.128. The summed E-state index contributed by atoms with van der Waals surface area (Å²) in [6.45, 7) is 0. The van der Waals surface area contributed by atoms with Gasteiger partial charge in [-0.25, -0.2) is 13.2 Å². The average Bonchev–Trinajstić information content (AvgIpc) is 2.39. The normalized spacial score (nSPS) is 10.3. The zero-order valence-electron chi connectivity index (χ0n) is 9.34. The van der Waals surface area contributed by atoms with Gasteiger partial charge >= 0.3 is 0 Å². The first-order valence-electron chi connectivity index (χ1n) is 5.13. The lowest BCUT2D eigenvalue weighted by Gasteiger charge is -2.05. The van der Waals surface area contributed by atoms with Gasteiger partial charge in [-0.15, -0.1) is 0 Å². The Labute approximate surface area is 104 Å². The fraction of sp³-hybridized carbons (Fsp3) is 0. The Hall–Kier alpha value is -2.57. The van der Waals surface area contributed by atoms with Crippen LogP contribution in [0.3, 0.4) is 0 Å². The van der Waals surface area contributed by atoms with E-state index < -0.39 is 34.5 Å². The summed E-state index contributed by atoms with van der Waals surface area (Å²) in [4.78, 5) is 25.2. The standard InChI is InChI=1S/C12H7F3N2O2/c13-7-4-3-6(9(14)10(7)15)11(18)17-8-2-1-5-16-12(8)19/h1-5H,(H,16,19)(H,17,18). The topological polar surface area (TPSA) is 62.0 Å². The molecule has 1 amide bonds. The van der Waals surface area contributed by atoms with Crippen LogP contribution in [0, 0.1) is 17.5 Å². The van der Waals surface area contributed by atoms with Crippen LogP contribution in [0.15, 0.2) is 35.3 Å². The van der Waals surface area contributed by atoms with Crippen LogP contribution in [-0.4, -0.2) is 10.9 Å². The smallest absolute Gasteiger partial charge is 0.271 e. The Morgan fingerprint density at radius 1 is 1.11 bits per heavy atom. The summed E-state index contributed by atoms with van der Waals surface area (Å²) in [6, 6.07) is 4.15. The quantitative estimate of drug-likeness (QED) is 0.819. The fourth-order valence-corrected chi connectivity index (χ4v) is 1.41. The van der Waals surface area contributed by atoms with Gasteiger partial charge in [0.15, 0.2) is 17.5 Å². The number of H-pyrrole nitrogens is 1. The molecule has 0 spiro atoms. The van der Waals surface area contributed by atoms with Crippen molar-refractivity contribution in [3.05, 3.63) is 63.8 Å². The molecule has 0 aliphatic carbocycles. The molecule has 0 bridgehead atoms. The van der Waals surface area contributed by atoms with Gasteiger partial charge in [-0.1, -0.05) is 0 Å². The number of halogens is 3. The van der Waals surface area contributed by atoms with Crippen LogP contribution in [-0.2, 0) is 0 Å². The van der Waals surface area contributed by atoms with E-state index in [2.05, 4.69) is 10.3 Å². The van der Waals surface area contributed by atoms with Gasteiger partial charge in [-0.05, 0) is 24.3 Å². The monoisotopic (exact) mass is 268 g/mol. The highest BCUT2D eigenvalue weighted by molar-refractivity contribution is 6.04. The second-order valence-electron chi connectivity index (χ2n) is 3.59. The minimum Gasteiger partial charge on any atom is -0.327 e. The third-order valence-electron chi connectivity index (χ3n) is 2.35. The van der Waals surface area contributed by atoms with Crippen molar-refractivity contribution in [1.82, 2.24) is 4.98 Å². The molecule has 19 heavy (non-hydrogen) atoms. The Balaban J connectivity index is 2.34. The van der Waals surface area contributed by atoms with Gasteiger partial charge < -0.3 is 10.3 Å². The van der Waals surface area contributed by atoms with Gasteiger partial charge in [0.25, 0.3) is 11.5 Å². The summed E-state index contributed by atoms with van der Waals surface area (Å²) in [5.74, 6) is -5.79. The largest absolute Gasteiger partial charge is 0.327 e. The third-order valence-corrected chi connectivity index (χ3v) is 2.35. The number of aromatic nitrogens is 1. The molecule has 0 radical (unpaired) electrons. The Bertz CT molecular complexity index is 698. The van der Waals surface area contributed by atoms with Crippen molar-refractivity contribution in [3.8, 4) is 0 Å². The molecule has 2 N–H and O–H groups in total. The highest BCUT2D eigenvalue weighted by atomic mass is 19.2. The zero-order valence-corrected chi connectivity index (χ0v) is 9.34. The Morgan fingerprint density at radius 2 is 1.84 bits per heavy atom. The van der Waals surface area contributed by atoms with E-state index in [4.69, 9.17) is 0 Å². The SMILES string of the molecule is O=C(Nc1ccc[nH]c1=O)c1ccc(F)c(F)c1F. The zero-order chi connectivity index (χ0) is 14.0. The molecule has 98 valence electrons. The van der Waals surface area contributed by atoms with Gasteiger partial charge in [-0.2, -0.15) is 0 Å². The number of pyridine rings is 1. The van der Waals surface area contributed by atoms with E-state index in [0.717, 1.165) is 6.07 Å². The molecule has 0 aliphatic rings. The second kappa shape index (κ2) is 4.97. The maximum atomic E-state index is 13.4. The highest BCUT2D eigenvalue weighted by Gasteiger charge is 2.19. The average molecular weight is 268 g/mol. The lowest BCUT2D eigenvalue weighted by molar-refractivity contribution is 0.102. The third kappa shape index (κ3) is 2.49. The molecule has 4 nitrogen and oxygen atoms in total. The predicted octanol–water partition coefficient (Wildman–Crippen LogP) is 2.04. The molecule has 0 fully saturated rings. The Morgan fingerprint density at radius 3 is 2.53 bits per heavy atom. The van der Waals surface area contributed by atoms with Crippen molar-refractivity contribution in [2.75, 3.05) is 5.32 Å². The van der Waals surface area contributed by atoms with E-state index in [0.29, 0.717) is 6.07 Å². The van der Waals surface area contributed by atoms with Crippen molar-refractivity contribution >= 4 is 11.6 Å². The molecule has 0 saturated carbocycles. The summed E-state index contributed by atoms with van der Waals surface area (Å²) in [7, 11) is 0. The summed E-state index contributed by atoms with van der Waals surface area (Å²) in [5.41, 5.74) is -1.42. The maximum absolute atomic E-state index is 13.4. The lowest BCUT2D eigenvalue weighted by atomic mass is 10.2. The van der Waals surface area contributed by atoms with Crippen molar-refractivity contribution in [1.29, 1.82) is 0 Å². The van der Waals surface area contributed by atoms with E-state index in [-0.39, 0.29) is 5.69 Å². The molecule has 0 aliphatic heterocycles. The molecule has 2 aromatic rings. The van der Waals surface area contributed by atoms with Crippen LogP contribution in [0.1, 0.15) is 10.4 Å². The first-order valence-corrected chi connectivity index (χ1v) is 5.13. The molecule has 1 heterocycles. The molecular formula is C12H7F3N2O2. The predicted molar refractivity (Wildman–Crippen MR) is 61.3 cm³/mol. The number of amides is 1. The maximum Gasteiger partial charge on any atom is 0.271 e. The van der Waals surface area contributed by atoms with Gasteiger partial charge in [-0.3, -0.25) is 9.59 Å². The number of hydrogen-bond acceptors (Lipinski definition) is 2. The molecule has 1 aromatic heterocycles. The van der Waals surface area contributed by atoms with Crippen LogP contribution in [0.5, 0.6) is 0 Å². The Kier molecular flexibility index (Phi) is 3.37. The molecule has 0 unspecified atom stereocenters. The first kappa shape index (κ1) is 12.9. The highest BCUT2D eigenvalue weighted by Crippen LogP contribution is 2.16. The minimum atomic E-state index is -1.74. The van der Waals surface area contributed by atoms with Gasteiger partial charge in [0.05, 0.1) is 5.56 Å². The fourth-order valence-electron chi connectivity index (χ4n) is 1.41. The molecule has 7 heteroatoms. The van der Waals surface area contributed by atoms with Crippen molar-refractivity contribution < 1.29 is 18.0 Å². The number of benzene rings is 1. The number of aromatic amines is 1. The van der Waals surface area contributed by atoms with Crippen LogP contribution in [0.2, 0.25) is 0 Å². The summed E-state index contributed by atoms with van der Waals surface area (Å²) >= 11 is 0. The molecule has 0 atom stereocenters. The van der Waals surface area contributed by atoms with Crippen molar-refractivity contribution in [3.63, 3.8) is 0 Å². The molecule has 0 saturated heterocycles. The van der Waals surface area contributed by atoms with Crippen LogP contribution in [0.4, 0.5) is 18.9 Å². The summed E-state index contributed by atoms with van der Waals surface area (Å²) in [6.07, 6.45) is 1.34. The summed E-state index contributed by atoms with van der Waals surface area (Å²) in [5, 5.41) is 2.10. The van der Waals surface area contributed by atoms with Gasteiger partial charge in [0.2, 0.25) is 0 Å². The number of carbonyl (C=O) groups is 1. The van der Waals surface area contributed by atoms with Crippen molar-refractivity contribution in [2.45, 2.75) is 0 Å². The van der Waals surface area contributed by atoms with Crippen molar-refractivity contribution in [2.24, 2.45) is 0 Å². The second-order valence-corrected chi connectivity index (χ2v) is 3.59. The van der Waals surface area contributed by atoms with Crippen LogP contribution in [0.25, 0.3) is 0 Å². The van der Waals surface area contributed by atoms with E-state index in [1.165, 1.54) is 18.3 Å². The van der Waals surface area contributed by atoms with Crippen LogP contribution >= 0.6 is 0 Å². The summed E-state index contributed by atoms with van der Waals surface area (Å²) < 4.78 is 39.0.